The molecule has 0 aliphatic heterocycles. The summed E-state index contributed by atoms with van der Waals surface area (Å²) in [5.41, 5.74) is 10.5. The Kier molecular flexibility index (Phi) is 0.831. The van der Waals surface area contributed by atoms with E-state index in [1.54, 1.807) is 0 Å². The number of hydrogen-bond acceptors (Lipinski definition) is 6. The molecule has 0 saturated carbocycles. The average molecular weight is 155 g/mol. The number of hydrogen-bond donors (Lipinski definition) is 3. The van der Waals surface area contributed by atoms with Crippen LogP contribution in [-0.2, 0) is 0 Å². The second-order valence-electron chi connectivity index (χ2n) is 1.96. The van der Waals surface area contributed by atoms with Crippen molar-refractivity contribution >= 4 is 17.7 Å². The first-order valence-corrected chi connectivity index (χ1v) is 2.78. The van der Waals surface area contributed by atoms with Crippen molar-refractivity contribution in [1.82, 2.24) is 14.6 Å². The average Bonchev–Trinajstić information content (AvgIpc) is 2.37. The third kappa shape index (κ3) is 0.613. The van der Waals surface area contributed by atoms with E-state index in [9.17, 15) is 0 Å². The Labute approximate surface area is 60.2 Å². The molecule has 7 heteroatoms. The molecule has 7 nitrogen and oxygen atoms in total. The number of rotatable bonds is 0. The Morgan fingerprint density at radius 3 is 2.82 bits per heavy atom. The highest BCUT2D eigenvalue weighted by molar-refractivity contribution is 5.50. The molecule has 5 N–H and O–H groups in total. The number of aromatic nitrogens is 3. The number of anilines is 2. The summed E-state index contributed by atoms with van der Waals surface area (Å²) in [5.74, 6) is -0.214. The van der Waals surface area contributed by atoms with Crippen LogP contribution in [0.1, 0.15) is 0 Å². The van der Waals surface area contributed by atoms with Gasteiger partial charge in [-0.1, -0.05) is 0 Å². The van der Waals surface area contributed by atoms with E-state index in [1.807, 2.05) is 0 Å². The Balaban J connectivity index is 2.88. The third-order valence-corrected chi connectivity index (χ3v) is 1.23. The molecule has 58 valence electrons. The highest BCUT2D eigenvalue weighted by atomic mass is 16.4. The first kappa shape index (κ1) is 5.83. The van der Waals surface area contributed by atoms with Crippen LogP contribution in [0.2, 0.25) is 0 Å². The van der Waals surface area contributed by atoms with Crippen molar-refractivity contribution in [3.8, 4) is 5.88 Å². The van der Waals surface area contributed by atoms with Gasteiger partial charge >= 0.3 is 11.9 Å². The van der Waals surface area contributed by atoms with Crippen molar-refractivity contribution in [2.45, 2.75) is 0 Å². The second-order valence-corrected chi connectivity index (χ2v) is 1.96. The summed E-state index contributed by atoms with van der Waals surface area (Å²) in [7, 11) is 0. The lowest BCUT2D eigenvalue weighted by molar-refractivity contribution is 0.456. The number of aromatic hydroxyl groups is 1. The van der Waals surface area contributed by atoms with Crippen molar-refractivity contribution in [3.63, 3.8) is 0 Å². The summed E-state index contributed by atoms with van der Waals surface area (Å²) >= 11 is 0. The fourth-order valence-electron chi connectivity index (χ4n) is 0.768. The molecule has 0 saturated heterocycles. The summed E-state index contributed by atoms with van der Waals surface area (Å²) in [4.78, 5) is 3.52. The van der Waals surface area contributed by atoms with Gasteiger partial charge in [-0.25, -0.2) is 0 Å². The molecule has 2 heterocycles. The van der Waals surface area contributed by atoms with Gasteiger partial charge in [-0.2, -0.15) is 9.50 Å². The number of fused-ring (bicyclic) bond motifs is 1. The minimum Gasteiger partial charge on any atom is -0.491 e. The second kappa shape index (κ2) is 1.57. The monoisotopic (exact) mass is 155 g/mol. The van der Waals surface area contributed by atoms with Crippen LogP contribution in [0.15, 0.2) is 4.42 Å². The van der Waals surface area contributed by atoms with Gasteiger partial charge in [0.1, 0.15) is 0 Å². The van der Waals surface area contributed by atoms with E-state index in [0.717, 1.165) is 4.52 Å². The smallest absolute Gasteiger partial charge is 0.331 e. The molecule has 0 bridgehead atoms. The van der Waals surface area contributed by atoms with E-state index < -0.39 is 0 Å². The van der Waals surface area contributed by atoms with Crippen molar-refractivity contribution < 1.29 is 9.52 Å². The molecule has 0 aromatic carbocycles. The molecule has 2 aromatic rings. The van der Waals surface area contributed by atoms with Crippen molar-refractivity contribution in [1.29, 1.82) is 0 Å². The summed E-state index contributed by atoms with van der Waals surface area (Å²) < 4.78 is 5.86. The summed E-state index contributed by atoms with van der Waals surface area (Å²) in [5, 5.41) is 12.5. The molecular formula is C4H5N5O2. The van der Waals surface area contributed by atoms with Crippen LogP contribution in [0.25, 0.3) is 5.84 Å². The van der Waals surface area contributed by atoms with Gasteiger partial charge in [0.25, 0.3) is 5.88 Å². The highest BCUT2D eigenvalue weighted by Gasteiger charge is 2.12. The van der Waals surface area contributed by atoms with Gasteiger partial charge in [0.15, 0.2) is 5.82 Å². The highest BCUT2D eigenvalue weighted by Crippen LogP contribution is 2.20. The fraction of sp³-hybridized carbons (Fsp3) is 0. The zero-order valence-electron chi connectivity index (χ0n) is 5.35. The topological polar surface area (TPSA) is 116 Å². The maximum Gasteiger partial charge on any atom is 0.331 e. The quantitative estimate of drug-likeness (QED) is 0.458. The minimum atomic E-state index is -0.309. The Morgan fingerprint density at radius 1 is 1.45 bits per heavy atom. The standard InChI is InChI=1S/C4H5N5O2/c5-1-2(10)7-4-9(1)8-3(6)11-4/h10H,5H2,(H2,6,8). The maximum absolute atomic E-state index is 8.93. The van der Waals surface area contributed by atoms with Crippen molar-refractivity contribution in [2.24, 2.45) is 0 Å². The van der Waals surface area contributed by atoms with Gasteiger partial charge in [0, 0.05) is 0 Å². The zero-order chi connectivity index (χ0) is 8.01. The van der Waals surface area contributed by atoms with Crippen LogP contribution in [-0.4, -0.2) is 19.7 Å². The van der Waals surface area contributed by atoms with Crippen LogP contribution in [0.3, 0.4) is 0 Å². The summed E-state index contributed by atoms with van der Waals surface area (Å²) in [6.45, 7) is 0. The molecule has 0 unspecified atom stereocenters. The molecule has 0 radical (unpaired) electrons. The van der Waals surface area contributed by atoms with E-state index in [1.165, 1.54) is 0 Å². The van der Waals surface area contributed by atoms with Gasteiger partial charge in [0.2, 0.25) is 0 Å². The van der Waals surface area contributed by atoms with Crippen LogP contribution >= 0.6 is 0 Å². The molecule has 0 atom stereocenters. The predicted octanol–water partition coefficient (Wildman–Crippen LogP) is -0.808. The molecule has 0 aliphatic rings. The predicted molar refractivity (Wildman–Crippen MR) is 35.7 cm³/mol. The SMILES string of the molecule is Nc1nn2c(N)c(O)nc2o1. The molecule has 0 amide bonds. The van der Waals surface area contributed by atoms with Gasteiger partial charge < -0.3 is 21.0 Å². The summed E-state index contributed by atoms with van der Waals surface area (Å²) in [6, 6.07) is -0.0424. The lowest BCUT2D eigenvalue weighted by Gasteiger charge is -1.83. The Hall–Kier alpha value is -1.92. The number of imidazole rings is 1. The molecule has 11 heavy (non-hydrogen) atoms. The fourth-order valence-corrected chi connectivity index (χ4v) is 0.768. The third-order valence-electron chi connectivity index (χ3n) is 1.23. The molecule has 0 spiro atoms. The first-order chi connectivity index (χ1) is 5.18. The largest absolute Gasteiger partial charge is 0.491 e. The number of nitrogens with two attached hydrogens (primary N) is 2. The van der Waals surface area contributed by atoms with E-state index in [2.05, 4.69) is 10.1 Å². The van der Waals surface area contributed by atoms with E-state index >= 15 is 0 Å². The van der Waals surface area contributed by atoms with Crippen molar-refractivity contribution in [3.05, 3.63) is 0 Å². The van der Waals surface area contributed by atoms with E-state index in [4.69, 9.17) is 21.0 Å². The lowest BCUT2D eigenvalue weighted by Crippen LogP contribution is -1.94. The van der Waals surface area contributed by atoms with Gasteiger partial charge in [-0.15, -0.1) is 5.10 Å². The van der Waals surface area contributed by atoms with Crippen LogP contribution in [0.5, 0.6) is 5.88 Å². The number of nitrogens with zero attached hydrogens (tertiary/aromatic N) is 3. The lowest BCUT2D eigenvalue weighted by atomic mass is 10.7. The maximum atomic E-state index is 8.93. The Morgan fingerprint density at radius 2 is 2.18 bits per heavy atom. The normalized spacial score (nSPS) is 10.9. The number of nitrogen functional groups attached to an aromatic ring is 2. The molecular weight excluding hydrogens is 150 g/mol. The molecule has 2 rings (SSSR count). The van der Waals surface area contributed by atoms with Crippen molar-refractivity contribution in [2.75, 3.05) is 11.5 Å². The van der Waals surface area contributed by atoms with Crippen LogP contribution in [0.4, 0.5) is 11.8 Å². The molecule has 2 aromatic heterocycles. The van der Waals surface area contributed by atoms with Gasteiger partial charge in [0.05, 0.1) is 0 Å². The zero-order valence-corrected chi connectivity index (χ0v) is 5.35. The van der Waals surface area contributed by atoms with Crippen LogP contribution < -0.4 is 11.5 Å². The molecule has 0 fully saturated rings. The van der Waals surface area contributed by atoms with Gasteiger partial charge in [-0.3, -0.25) is 0 Å². The first-order valence-electron chi connectivity index (χ1n) is 2.78. The van der Waals surface area contributed by atoms with Gasteiger partial charge in [-0.05, 0) is 0 Å². The van der Waals surface area contributed by atoms with E-state index in [0.29, 0.717) is 0 Å². The molecule has 0 aliphatic carbocycles. The van der Waals surface area contributed by atoms with Crippen LogP contribution in [0, 0.1) is 0 Å². The summed E-state index contributed by atoms with van der Waals surface area (Å²) in [6.07, 6.45) is 0. The van der Waals surface area contributed by atoms with E-state index in [-0.39, 0.29) is 23.6 Å². The minimum absolute atomic E-state index is 0.0143. The Bertz CT molecular complexity index is 402.